The highest BCUT2D eigenvalue weighted by atomic mass is 35.5. The summed E-state index contributed by atoms with van der Waals surface area (Å²) in [5, 5.41) is 0. The Morgan fingerprint density at radius 1 is 1.33 bits per heavy atom. The third kappa shape index (κ3) is 3.75. The van der Waals surface area contributed by atoms with E-state index in [1.165, 1.54) is 0 Å². The first-order chi connectivity index (χ1) is 9.95. The smallest absolute Gasteiger partial charge is 0.243 e. The normalized spacial score (nSPS) is 17.9. The fourth-order valence-electron chi connectivity index (χ4n) is 2.31. The van der Waals surface area contributed by atoms with Crippen molar-refractivity contribution in [2.24, 2.45) is 10.7 Å². The first-order valence-electron chi connectivity index (χ1n) is 6.95. The van der Waals surface area contributed by atoms with E-state index >= 15 is 0 Å². The molecule has 2 N–H and O–H groups in total. The molecule has 1 aromatic rings. The third-order valence-electron chi connectivity index (χ3n) is 3.53. The molecule has 0 saturated carbocycles. The Balaban J connectivity index is 2.38. The molecule has 116 valence electrons. The van der Waals surface area contributed by atoms with E-state index < -0.39 is 10.0 Å². The quantitative estimate of drug-likeness (QED) is 0.523. The van der Waals surface area contributed by atoms with Crippen LogP contribution in [-0.4, -0.2) is 37.5 Å². The zero-order chi connectivity index (χ0) is 15.5. The van der Waals surface area contributed by atoms with E-state index in [9.17, 15) is 8.42 Å². The van der Waals surface area contributed by atoms with Crippen molar-refractivity contribution < 1.29 is 8.42 Å². The fraction of sp³-hybridized carbons (Fsp3) is 0.500. The van der Waals surface area contributed by atoms with Crippen LogP contribution in [-0.2, 0) is 10.0 Å². The lowest BCUT2D eigenvalue weighted by molar-refractivity contribution is 0.346. The van der Waals surface area contributed by atoms with Crippen molar-refractivity contribution in [3.8, 4) is 0 Å². The maximum absolute atomic E-state index is 12.6. The van der Waals surface area contributed by atoms with Gasteiger partial charge in [-0.25, -0.2) is 13.4 Å². The highest BCUT2D eigenvalue weighted by molar-refractivity contribution is 7.89. The van der Waals surface area contributed by atoms with Crippen LogP contribution in [0.2, 0.25) is 0 Å². The van der Waals surface area contributed by atoms with Crippen LogP contribution in [0.5, 0.6) is 0 Å². The second-order valence-corrected chi connectivity index (χ2v) is 7.36. The average Bonchev–Trinajstić information content (AvgIpc) is 2.50. The van der Waals surface area contributed by atoms with Crippen molar-refractivity contribution in [1.29, 1.82) is 0 Å². The number of sulfonamides is 1. The van der Waals surface area contributed by atoms with Gasteiger partial charge < -0.3 is 5.73 Å². The minimum atomic E-state index is -3.45. The molecule has 1 saturated heterocycles. The van der Waals surface area contributed by atoms with E-state index in [0.717, 1.165) is 24.8 Å². The van der Waals surface area contributed by atoms with Gasteiger partial charge in [0.05, 0.1) is 16.5 Å². The molecule has 0 unspecified atom stereocenters. The lowest BCUT2D eigenvalue weighted by atomic mass is 10.2. The zero-order valence-electron chi connectivity index (χ0n) is 12.0. The summed E-state index contributed by atoms with van der Waals surface area (Å²) in [5.74, 6) is 0.384. The van der Waals surface area contributed by atoms with Crippen molar-refractivity contribution in [1.82, 2.24) is 4.31 Å². The van der Waals surface area contributed by atoms with Crippen LogP contribution >= 0.6 is 11.6 Å². The second-order valence-electron chi connectivity index (χ2n) is 5.15. The number of alkyl halides is 1. The molecule has 0 spiro atoms. The van der Waals surface area contributed by atoms with E-state index in [2.05, 4.69) is 4.99 Å². The number of nitrogens with two attached hydrogens (primary N) is 1. The minimum Gasteiger partial charge on any atom is -0.386 e. The monoisotopic (exact) mass is 329 g/mol. The Morgan fingerprint density at radius 3 is 2.62 bits per heavy atom. The molecular weight excluding hydrogens is 310 g/mol. The highest BCUT2D eigenvalue weighted by Crippen LogP contribution is 2.26. The number of rotatable bonds is 4. The van der Waals surface area contributed by atoms with E-state index in [1.807, 2.05) is 6.92 Å². The number of aryl methyl sites for hydroxylation is 1. The lowest BCUT2D eigenvalue weighted by Gasteiger charge is -2.26. The van der Waals surface area contributed by atoms with Gasteiger partial charge >= 0.3 is 0 Å². The number of nitrogens with zero attached hydrogens (tertiary/aromatic N) is 2. The Hall–Kier alpha value is -1.11. The predicted octanol–water partition coefficient (Wildman–Crippen LogP) is 2.40. The van der Waals surface area contributed by atoms with Crippen LogP contribution in [0.4, 0.5) is 5.69 Å². The number of hydrogen-bond donors (Lipinski definition) is 1. The van der Waals surface area contributed by atoms with Crippen LogP contribution < -0.4 is 5.73 Å². The first-order valence-corrected chi connectivity index (χ1v) is 8.92. The molecule has 0 radical (unpaired) electrons. The summed E-state index contributed by atoms with van der Waals surface area (Å²) in [7, 11) is -3.45. The summed E-state index contributed by atoms with van der Waals surface area (Å²) in [6.45, 7) is 3.02. The summed E-state index contributed by atoms with van der Waals surface area (Å²) in [6, 6.07) is 4.94. The van der Waals surface area contributed by atoms with Gasteiger partial charge in [-0.1, -0.05) is 12.5 Å². The maximum atomic E-state index is 12.6. The van der Waals surface area contributed by atoms with E-state index in [-0.39, 0.29) is 16.6 Å². The van der Waals surface area contributed by atoms with E-state index in [4.69, 9.17) is 17.3 Å². The van der Waals surface area contributed by atoms with Gasteiger partial charge in [0, 0.05) is 13.1 Å². The van der Waals surface area contributed by atoms with Gasteiger partial charge in [-0.15, -0.1) is 11.6 Å². The van der Waals surface area contributed by atoms with Gasteiger partial charge in [0.15, 0.2) is 0 Å². The molecule has 1 fully saturated rings. The molecule has 2 rings (SSSR count). The number of aliphatic imine (C=N–C) groups is 1. The van der Waals surface area contributed by atoms with Gasteiger partial charge in [-0.05, 0) is 37.5 Å². The third-order valence-corrected chi connectivity index (χ3v) is 5.70. The van der Waals surface area contributed by atoms with Gasteiger partial charge in [-0.2, -0.15) is 4.31 Å². The van der Waals surface area contributed by atoms with Crippen LogP contribution in [0, 0.1) is 6.92 Å². The first kappa shape index (κ1) is 16.3. The maximum Gasteiger partial charge on any atom is 0.243 e. The fourth-order valence-corrected chi connectivity index (χ4v) is 3.91. The SMILES string of the molecule is Cc1ccc(S(=O)(=O)N2CCCCC2)cc1N=C(N)CCl. The van der Waals surface area contributed by atoms with Crippen LogP contribution in [0.25, 0.3) is 0 Å². The molecule has 1 aromatic carbocycles. The summed E-state index contributed by atoms with van der Waals surface area (Å²) in [4.78, 5) is 4.44. The lowest BCUT2D eigenvalue weighted by Crippen LogP contribution is -2.35. The van der Waals surface area contributed by atoms with Crippen LogP contribution in [0.15, 0.2) is 28.1 Å². The van der Waals surface area contributed by atoms with Crippen molar-refractivity contribution in [3.63, 3.8) is 0 Å². The Labute approximate surface area is 130 Å². The zero-order valence-corrected chi connectivity index (χ0v) is 13.6. The molecular formula is C14H20ClN3O2S. The number of piperidine rings is 1. The van der Waals surface area contributed by atoms with Gasteiger partial charge in [0.1, 0.15) is 5.84 Å². The van der Waals surface area contributed by atoms with Crippen LogP contribution in [0.3, 0.4) is 0 Å². The topological polar surface area (TPSA) is 75.8 Å². The van der Waals surface area contributed by atoms with Crippen LogP contribution in [0.1, 0.15) is 24.8 Å². The molecule has 0 bridgehead atoms. The molecule has 7 heteroatoms. The number of amidine groups is 1. The van der Waals surface area contributed by atoms with E-state index in [1.54, 1.807) is 22.5 Å². The summed E-state index contributed by atoms with van der Waals surface area (Å²) < 4.78 is 26.8. The van der Waals surface area contributed by atoms with Gasteiger partial charge in [-0.3, -0.25) is 0 Å². The molecule has 0 amide bonds. The average molecular weight is 330 g/mol. The molecule has 0 atom stereocenters. The predicted molar refractivity (Wildman–Crippen MR) is 85.8 cm³/mol. The minimum absolute atomic E-state index is 0.114. The Bertz CT molecular complexity index is 638. The molecule has 0 aromatic heterocycles. The highest BCUT2D eigenvalue weighted by Gasteiger charge is 2.26. The standard InChI is InChI=1S/C14H20ClN3O2S/c1-11-5-6-12(9-13(11)17-14(16)10-15)21(19,20)18-7-3-2-4-8-18/h5-6,9H,2-4,7-8,10H2,1H3,(H2,16,17). The van der Waals surface area contributed by atoms with Gasteiger partial charge in [0.2, 0.25) is 10.0 Å². The summed E-state index contributed by atoms with van der Waals surface area (Å²) in [6.07, 6.45) is 2.91. The van der Waals surface area contributed by atoms with E-state index in [0.29, 0.717) is 18.8 Å². The summed E-state index contributed by atoms with van der Waals surface area (Å²) >= 11 is 5.62. The second kappa shape index (κ2) is 6.77. The summed E-state index contributed by atoms with van der Waals surface area (Å²) in [5.41, 5.74) is 7.04. The number of halogens is 1. The molecule has 1 aliphatic rings. The molecule has 0 aliphatic carbocycles. The van der Waals surface area contributed by atoms with Gasteiger partial charge in [0.25, 0.3) is 0 Å². The molecule has 1 aliphatic heterocycles. The Morgan fingerprint density at radius 2 is 2.00 bits per heavy atom. The largest absolute Gasteiger partial charge is 0.386 e. The number of benzene rings is 1. The number of hydrogen-bond acceptors (Lipinski definition) is 3. The molecule has 1 heterocycles. The van der Waals surface area contributed by atoms with Crippen molar-refractivity contribution in [2.75, 3.05) is 19.0 Å². The molecule has 21 heavy (non-hydrogen) atoms. The Kier molecular flexibility index (Phi) is 5.24. The van der Waals surface area contributed by atoms with Crippen molar-refractivity contribution in [3.05, 3.63) is 23.8 Å². The molecule has 5 nitrogen and oxygen atoms in total. The van der Waals surface area contributed by atoms with Crippen molar-refractivity contribution in [2.45, 2.75) is 31.1 Å². The van der Waals surface area contributed by atoms with Crippen molar-refractivity contribution >= 4 is 33.1 Å².